The molecule has 1 atom stereocenters. The highest BCUT2D eigenvalue weighted by atomic mass is 16.4. The minimum Gasteiger partial charge on any atom is -0.507 e. The number of hydrogen-bond donors (Lipinski definition) is 3. The van der Waals surface area contributed by atoms with Crippen LogP contribution < -0.4 is 0 Å². The van der Waals surface area contributed by atoms with Crippen LogP contribution in [0.25, 0.3) is 0 Å². The third-order valence-electron chi connectivity index (χ3n) is 3.80. The van der Waals surface area contributed by atoms with Crippen molar-refractivity contribution in [2.24, 2.45) is 5.92 Å². The van der Waals surface area contributed by atoms with Crippen molar-refractivity contribution in [1.29, 1.82) is 0 Å². The minimum absolute atomic E-state index is 0.0201. The number of carbonyl (C=O) groups excluding carboxylic acids is 1. The highest BCUT2D eigenvalue weighted by Crippen LogP contribution is 2.21. The second kappa shape index (κ2) is 7.70. The zero-order valence-corrected chi connectivity index (χ0v) is 13.3. The molecule has 1 aromatic carbocycles. The van der Waals surface area contributed by atoms with Crippen molar-refractivity contribution in [2.45, 2.75) is 19.8 Å². The number of carboxylic acid groups (broad SMARTS) is 1. The predicted octanol–water partition coefficient (Wildman–Crippen LogP) is 2.28. The molecule has 0 amide bonds. The number of benzene rings is 1. The van der Waals surface area contributed by atoms with E-state index in [2.05, 4.69) is 4.98 Å². The molecule has 0 unspecified atom stereocenters. The van der Waals surface area contributed by atoms with Crippen LogP contribution in [0.5, 0.6) is 5.75 Å². The SMILES string of the molecule is C[C@@H](CO)CCc1ncc(C(=O)c2ccccc2O)cc1C(=O)O. The number of aromatic nitrogens is 1. The zero-order chi connectivity index (χ0) is 17.7. The molecule has 2 rings (SSSR count). The molecule has 6 heteroatoms. The van der Waals surface area contributed by atoms with Crippen LogP contribution in [0, 0.1) is 5.92 Å². The Morgan fingerprint density at radius 2 is 1.92 bits per heavy atom. The second-order valence-electron chi connectivity index (χ2n) is 5.70. The van der Waals surface area contributed by atoms with Gasteiger partial charge in [-0.25, -0.2) is 4.79 Å². The molecule has 6 nitrogen and oxygen atoms in total. The van der Waals surface area contributed by atoms with E-state index in [9.17, 15) is 19.8 Å². The summed E-state index contributed by atoms with van der Waals surface area (Å²) >= 11 is 0. The molecule has 0 bridgehead atoms. The van der Waals surface area contributed by atoms with E-state index in [1.54, 1.807) is 12.1 Å². The second-order valence-corrected chi connectivity index (χ2v) is 5.70. The molecule has 0 saturated carbocycles. The smallest absolute Gasteiger partial charge is 0.337 e. The summed E-state index contributed by atoms with van der Waals surface area (Å²) in [5, 5.41) is 28.2. The largest absolute Gasteiger partial charge is 0.507 e. The van der Waals surface area contributed by atoms with Crippen molar-refractivity contribution in [3.8, 4) is 5.75 Å². The van der Waals surface area contributed by atoms with E-state index >= 15 is 0 Å². The van der Waals surface area contributed by atoms with Crippen LogP contribution in [0.15, 0.2) is 36.5 Å². The number of aliphatic hydroxyl groups is 1. The average Bonchev–Trinajstić information content (AvgIpc) is 2.59. The molecule has 3 N–H and O–H groups in total. The lowest BCUT2D eigenvalue weighted by molar-refractivity contribution is 0.0695. The molecular weight excluding hydrogens is 310 g/mol. The van der Waals surface area contributed by atoms with Gasteiger partial charge in [-0.3, -0.25) is 9.78 Å². The highest BCUT2D eigenvalue weighted by Gasteiger charge is 2.19. The normalized spacial score (nSPS) is 11.9. The van der Waals surface area contributed by atoms with E-state index in [0.29, 0.717) is 18.5 Å². The number of phenols is 1. The molecule has 0 fully saturated rings. The zero-order valence-electron chi connectivity index (χ0n) is 13.3. The maximum absolute atomic E-state index is 12.4. The van der Waals surface area contributed by atoms with Crippen LogP contribution in [-0.2, 0) is 6.42 Å². The molecule has 126 valence electrons. The first-order valence-electron chi connectivity index (χ1n) is 7.59. The van der Waals surface area contributed by atoms with Gasteiger partial charge in [-0.2, -0.15) is 0 Å². The average molecular weight is 329 g/mol. The molecule has 0 aliphatic rings. The lowest BCUT2D eigenvalue weighted by Gasteiger charge is -2.10. The first-order valence-corrected chi connectivity index (χ1v) is 7.59. The predicted molar refractivity (Wildman–Crippen MR) is 87.3 cm³/mol. The number of pyridine rings is 1. The van der Waals surface area contributed by atoms with E-state index in [-0.39, 0.29) is 35.0 Å². The standard InChI is InChI=1S/C18H19NO5/c1-11(10-20)6-7-15-14(18(23)24)8-12(9-19-15)17(22)13-4-2-3-5-16(13)21/h2-5,8-9,11,20-21H,6-7,10H2,1H3,(H,23,24)/t11-/m1/s1. The summed E-state index contributed by atoms with van der Waals surface area (Å²) in [4.78, 5) is 28.0. The monoisotopic (exact) mass is 329 g/mol. The molecule has 24 heavy (non-hydrogen) atoms. The lowest BCUT2D eigenvalue weighted by atomic mass is 9.98. The van der Waals surface area contributed by atoms with Gasteiger partial charge in [0.1, 0.15) is 5.75 Å². The van der Waals surface area contributed by atoms with Gasteiger partial charge in [0.15, 0.2) is 5.78 Å². The van der Waals surface area contributed by atoms with Gasteiger partial charge in [-0.1, -0.05) is 19.1 Å². The van der Waals surface area contributed by atoms with Gasteiger partial charge in [0, 0.05) is 18.4 Å². The maximum atomic E-state index is 12.4. The summed E-state index contributed by atoms with van der Waals surface area (Å²) in [5.74, 6) is -1.78. The van der Waals surface area contributed by atoms with Crippen molar-refractivity contribution in [3.05, 3.63) is 58.9 Å². The van der Waals surface area contributed by atoms with Crippen LogP contribution in [0.3, 0.4) is 0 Å². The number of rotatable bonds is 7. The third-order valence-corrected chi connectivity index (χ3v) is 3.80. The number of aliphatic hydroxyl groups excluding tert-OH is 1. The summed E-state index contributed by atoms with van der Waals surface area (Å²) in [6.07, 6.45) is 2.31. The molecule has 0 aliphatic heterocycles. The topological polar surface area (TPSA) is 108 Å². The van der Waals surface area contributed by atoms with Crippen LogP contribution >= 0.6 is 0 Å². The van der Waals surface area contributed by atoms with E-state index in [1.807, 2.05) is 6.92 Å². The van der Waals surface area contributed by atoms with Crippen molar-refractivity contribution in [2.75, 3.05) is 6.61 Å². The highest BCUT2D eigenvalue weighted by molar-refractivity contribution is 6.11. The van der Waals surface area contributed by atoms with Crippen LogP contribution in [0.4, 0.5) is 0 Å². The third kappa shape index (κ3) is 3.97. The number of aromatic carboxylic acids is 1. The molecule has 0 radical (unpaired) electrons. The van der Waals surface area contributed by atoms with Crippen LogP contribution in [-0.4, -0.2) is 38.7 Å². The number of aryl methyl sites for hydroxylation is 1. The van der Waals surface area contributed by atoms with Gasteiger partial charge >= 0.3 is 5.97 Å². The van der Waals surface area contributed by atoms with E-state index in [0.717, 1.165) is 0 Å². The summed E-state index contributed by atoms with van der Waals surface area (Å²) in [5.41, 5.74) is 0.531. The Balaban J connectivity index is 2.33. The molecule has 0 aliphatic carbocycles. The van der Waals surface area contributed by atoms with Crippen LogP contribution in [0.1, 0.15) is 45.3 Å². The number of nitrogens with zero attached hydrogens (tertiary/aromatic N) is 1. The first-order chi connectivity index (χ1) is 11.4. The molecule has 0 saturated heterocycles. The Kier molecular flexibility index (Phi) is 5.65. The van der Waals surface area contributed by atoms with Crippen molar-refractivity contribution < 1.29 is 24.9 Å². The Morgan fingerprint density at radius 3 is 2.54 bits per heavy atom. The number of phenolic OH excluding ortho intramolecular Hbond substituents is 1. The van der Waals surface area contributed by atoms with E-state index in [4.69, 9.17) is 5.11 Å². The Bertz CT molecular complexity index is 757. The van der Waals surface area contributed by atoms with Gasteiger partial charge in [-0.05, 0) is 37.0 Å². The Labute approximate surface area is 139 Å². The number of aromatic hydroxyl groups is 1. The van der Waals surface area contributed by atoms with Crippen molar-refractivity contribution in [1.82, 2.24) is 4.98 Å². The van der Waals surface area contributed by atoms with Gasteiger partial charge in [-0.15, -0.1) is 0 Å². The number of carbonyl (C=O) groups is 2. The molecular formula is C18H19NO5. The minimum atomic E-state index is -1.17. The fraction of sp³-hybridized carbons (Fsp3) is 0.278. The number of carboxylic acids is 1. The summed E-state index contributed by atoms with van der Waals surface area (Å²) < 4.78 is 0. The Morgan fingerprint density at radius 1 is 1.21 bits per heavy atom. The van der Waals surface area contributed by atoms with Crippen molar-refractivity contribution >= 4 is 11.8 Å². The molecule has 2 aromatic rings. The first kappa shape index (κ1) is 17.6. The fourth-order valence-electron chi connectivity index (χ4n) is 2.30. The van der Waals surface area contributed by atoms with Gasteiger partial charge in [0.2, 0.25) is 0 Å². The van der Waals surface area contributed by atoms with Gasteiger partial charge in [0.25, 0.3) is 0 Å². The van der Waals surface area contributed by atoms with E-state index in [1.165, 1.54) is 24.4 Å². The number of hydrogen-bond acceptors (Lipinski definition) is 5. The lowest BCUT2D eigenvalue weighted by Crippen LogP contribution is -2.11. The quantitative estimate of drug-likeness (QED) is 0.673. The summed E-state index contributed by atoms with van der Waals surface area (Å²) in [6.45, 7) is 1.88. The summed E-state index contributed by atoms with van der Waals surface area (Å²) in [6, 6.07) is 7.35. The van der Waals surface area contributed by atoms with Crippen molar-refractivity contribution in [3.63, 3.8) is 0 Å². The molecule has 0 spiro atoms. The van der Waals surface area contributed by atoms with E-state index < -0.39 is 11.8 Å². The van der Waals surface area contributed by atoms with Crippen LogP contribution in [0.2, 0.25) is 0 Å². The summed E-state index contributed by atoms with van der Waals surface area (Å²) in [7, 11) is 0. The maximum Gasteiger partial charge on any atom is 0.337 e. The number of para-hydroxylation sites is 1. The fourth-order valence-corrected chi connectivity index (χ4v) is 2.30. The Hall–Kier alpha value is -2.73. The van der Waals surface area contributed by atoms with Gasteiger partial charge < -0.3 is 15.3 Å². The molecule has 1 aromatic heterocycles. The molecule has 1 heterocycles. The number of ketones is 1. The van der Waals surface area contributed by atoms with Gasteiger partial charge in [0.05, 0.1) is 16.8 Å².